The van der Waals surface area contributed by atoms with Crippen LogP contribution in [0.3, 0.4) is 0 Å². The maximum atomic E-state index is 13.9. The molecule has 7 aromatic rings. The lowest BCUT2D eigenvalue weighted by Gasteiger charge is -2.19. The van der Waals surface area contributed by atoms with Crippen molar-refractivity contribution in [2.45, 2.75) is 23.6 Å². The Balaban J connectivity index is 1.06. The highest BCUT2D eigenvalue weighted by Crippen LogP contribution is 2.30. The van der Waals surface area contributed by atoms with Gasteiger partial charge in [0.05, 0.1) is 53.7 Å². The Labute approximate surface area is 378 Å². The van der Waals surface area contributed by atoms with E-state index in [2.05, 4.69) is 10.6 Å². The van der Waals surface area contributed by atoms with Crippen molar-refractivity contribution in [3.05, 3.63) is 175 Å². The molecule has 0 spiro atoms. The van der Waals surface area contributed by atoms with E-state index in [-0.39, 0.29) is 53.7 Å². The first-order valence-electron chi connectivity index (χ1n) is 19.2. The number of sulfonamides is 2. The molecular formula is C44H40Cl2N8O8S2. The largest absolute Gasteiger partial charge is 0.322 e. The van der Waals surface area contributed by atoms with Gasteiger partial charge in [0.1, 0.15) is 11.4 Å². The van der Waals surface area contributed by atoms with Gasteiger partial charge in [0.15, 0.2) is 0 Å². The molecule has 16 nitrogen and oxygen atoms in total. The summed E-state index contributed by atoms with van der Waals surface area (Å²) in [5, 5.41) is 5.24. The van der Waals surface area contributed by atoms with E-state index in [1.165, 1.54) is 72.0 Å². The minimum atomic E-state index is -4.39. The summed E-state index contributed by atoms with van der Waals surface area (Å²) in [6.45, 7) is 3.25. The second-order valence-electron chi connectivity index (χ2n) is 14.5. The highest BCUT2D eigenvalue weighted by atomic mass is 35.5. The summed E-state index contributed by atoms with van der Waals surface area (Å²) in [4.78, 5) is 53.6. The molecule has 0 aliphatic rings. The summed E-state index contributed by atoms with van der Waals surface area (Å²) >= 11 is 12.8. The number of para-hydroxylation sites is 2. The first-order chi connectivity index (χ1) is 30.2. The predicted octanol–water partition coefficient (Wildman–Crippen LogP) is 6.74. The van der Waals surface area contributed by atoms with Crippen LogP contribution in [0.25, 0.3) is 11.4 Å². The molecular weight excluding hydrogens is 904 g/mol. The van der Waals surface area contributed by atoms with Crippen LogP contribution in [0.2, 0.25) is 10.0 Å². The maximum Gasteiger partial charge on any atom is 0.296 e. The lowest BCUT2D eigenvalue weighted by Crippen LogP contribution is -2.32. The van der Waals surface area contributed by atoms with Crippen molar-refractivity contribution in [3.8, 4) is 11.4 Å². The van der Waals surface area contributed by atoms with Crippen molar-refractivity contribution in [2.75, 3.05) is 33.3 Å². The van der Waals surface area contributed by atoms with Crippen LogP contribution in [-0.2, 0) is 34.1 Å². The first kappa shape index (κ1) is 45.2. The maximum absolute atomic E-state index is 13.9. The zero-order valence-electron chi connectivity index (χ0n) is 35.1. The van der Waals surface area contributed by atoms with E-state index in [0.29, 0.717) is 22.8 Å². The molecule has 7 rings (SSSR count). The van der Waals surface area contributed by atoms with Crippen molar-refractivity contribution in [1.29, 1.82) is 0 Å². The number of hydrogen-bond donors (Lipinski definition) is 2. The summed E-state index contributed by atoms with van der Waals surface area (Å²) in [5.74, 6) is -1.49. The molecule has 0 saturated carbocycles. The van der Waals surface area contributed by atoms with Crippen molar-refractivity contribution < 1.29 is 26.4 Å². The number of halogens is 2. The monoisotopic (exact) mass is 942 g/mol. The summed E-state index contributed by atoms with van der Waals surface area (Å²) in [6, 6.07) is 30.6. The van der Waals surface area contributed by atoms with Gasteiger partial charge in [-0.2, -0.15) is 0 Å². The molecule has 0 atom stereocenters. The van der Waals surface area contributed by atoms with Gasteiger partial charge in [0.25, 0.3) is 43.0 Å². The number of hydrogen-bond acceptors (Lipinski definition) is 8. The Morgan fingerprint density at radius 2 is 0.859 bits per heavy atom. The Morgan fingerprint density at radius 3 is 1.19 bits per heavy atom. The van der Waals surface area contributed by atoms with Gasteiger partial charge < -0.3 is 10.6 Å². The van der Waals surface area contributed by atoms with Gasteiger partial charge in [-0.15, -0.1) is 0 Å². The summed E-state index contributed by atoms with van der Waals surface area (Å²) in [5.41, 5.74) is 0.733. The third-order valence-electron chi connectivity index (χ3n) is 10.8. The van der Waals surface area contributed by atoms with Crippen LogP contribution in [0.4, 0.5) is 22.7 Å². The molecule has 0 fully saturated rings. The SMILES string of the molecule is Cc1c(N(C)S(=O)(=O)c2ccc(Cl)c(C(=O)Nc3ccc(NC(=O)c4cc(S(=O)(=O)N(C)c5c(C)n(C)n(-c6ccccc6)c5=O)ccc4Cl)cc3)c2)c(=O)n(-c2ccccc2)n1C. The highest BCUT2D eigenvalue weighted by Gasteiger charge is 2.31. The van der Waals surface area contributed by atoms with E-state index >= 15 is 0 Å². The number of carbonyl (C=O) groups excluding carboxylic acids is 2. The number of amides is 2. The topological polar surface area (TPSA) is 187 Å². The van der Waals surface area contributed by atoms with E-state index < -0.39 is 43.0 Å². The van der Waals surface area contributed by atoms with Gasteiger partial charge in [-0.1, -0.05) is 59.6 Å². The molecule has 2 amide bonds. The van der Waals surface area contributed by atoms with Crippen molar-refractivity contribution in [1.82, 2.24) is 18.7 Å². The first-order valence-corrected chi connectivity index (χ1v) is 22.9. The highest BCUT2D eigenvalue weighted by molar-refractivity contribution is 7.93. The Hall–Kier alpha value is -6.86. The minimum absolute atomic E-state index is 0.0409. The molecule has 0 bridgehead atoms. The van der Waals surface area contributed by atoms with Gasteiger partial charge in [-0.25, -0.2) is 26.2 Å². The van der Waals surface area contributed by atoms with Crippen LogP contribution < -0.4 is 30.4 Å². The molecule has 64 heavy (non-hydrogen) atoms. The van der Waals surface area contributed by atoms with Crippen molar-refractivity contribution in [2.24, 2.45) is 14.1 Å². The lowest BCUT2D eigenvalue weighted by atomic mass is 10.2. The van der Waals surface area contributed by atoms with Gasteiger partial charge in [-0.3, -0.25) is 37.2 Å². The minimum Gasteiger partial charge on any atom is -0.322 e. The Bertz CT molecular complexity index is 3110. The average molecular weight is 944 g/mol. The van der Waals surface area contributed by atoms with Crippen LogP contribution in [0.5, 0.6) is 0 Å². The molecule has 0 saturated heterocycles. The van der Waals surface area contributed by atoms with Gasteiger partial charge in [0.2, 0.25) is 0 Å². The number of nitrogens with one attached hydrogen (secondary N) is 2. The van der Waals surface area contributed by atoms with Crippen LogP contribution in [0, 0.1) is 13.8 Å². The lowest BCUT2D eigenvalue weighted by molar-refractivity contribution is 0.101. The van der Waals surface area contributed by atoms with Crippen molar-refractivity contribution in [3.63, 3.8) is 0 Å². The van der Waals surface area contributed by atoms with Crippen molar-refractivity contribution >= 4 is 77.8 Å². The Kier molecular flexibility index (Phi) is 12.3. The molecule has 5 aromatic carbocycles. The van der Waals surface area contributed by atoms with Crippen LogP contribution in [0.15, 0.2) is 141 Å². The number of nitrogens with zero attached hydrogens (tertiary/aromatic N) is 6. The molecule has 0 aliphatic carbocycles. The smallest absolute Gasteiger partial charge is 0.296 e. The number of anilines is 4. The molecule has 0 radical (unpaired) electrons. The van der Waals surface area contributed by atoms with E-state index in [4.69, 9.17) is 23.2 Å². The van der Waals surface area contributed by atoms with E-state index in [1.54, 1.807) is 98.0 Å². The normalized spacial score (nSPS) is 11.6. The molecule has 0 unspecified atom stereocenters. The number of aromatic nitrogens is 4. The molecule has 330 valence electrons. The number of carbonyl (C=O) groups is 2. The molecule has 2 N–H and O–H groups in total. The summed E-state index contributed by atoms with van der Waals surface area (Å²) in [7, 11) is -2.98. The number of rotatable bonds is 12. The van der Waals surface area contributed by atoms with Crippen LogP contribution in [-0.4, -0.2) is 61.5 Å². The molecule has 2 heterocycles. The molecule has 2 aromatic heterocycles. The van der Waals surface area contributed by atoms with Crippen LogP contribution in [0.1, 0.15) is 32.1 Å². The fourth-order valence-electron chi connectivity index (χ4n) is 7.10. The average Bonchev–Trinajstić information content (AvgIpc) is 3.64. The fraction of sp³-hybridized carbons (Fsp3) is 0.136. The van der Waals surface area contributed by atoms with Gasteiger partial charge in [-0.05, 0) is 98.8 Å². The van der Waals surface area contributed by atoms with Gasteiger partial charge >= 0.3 is 0 Å². The zero-order chi connectivity index (χ0) is 46.4. The van der Waals surface area contributed by atoms with E-state index in [1.807, 2.05) is 0 Å². The molecule has 20 heteroatoms. The standard InChI is InChI=1S/C44H40Cl2N8O8S2/c1-27-39(43(57)53(49(27)3)31-13-9-7-10-14-31)51(5)63(59,60)33-21-23-37(45)35(25-33)41(55)47-29-17-19-30(20-18-29)48-42(56)36-26-34(22-24-38(36)46)64(61,62)52(6)40-28(2)50(4)54(44(40)58)32-15-11-8-12-16-32/h7-26H,1-6H3,(H,47,55)(H,48,56). The third-order valence-corrected chi connectivity index (χ3v) is 14.9. The fourth-order valence-corrected chi connectivity index (χ4v) is 10.1. The summed E-state index contributed by atoms with van der Waals surface area (Å²) < 4.78 is 63.3. The quantitative estimate of drug-likeness (QED) is 0.135. The molecule has 0 aliphatic heterocycles. The summed E-state index contributed by atoms with van der Waals surface area (Å²) in [6.07, 6.45) is 0. The van der Waals surface area contributed by atoms with Crippen LogP contribution >= 0.6 is 23.2 Å². The van der Waals surface area contributed by atoms with E-state index in [0.717, 1.165) is 20.7 Å². The Morgan fingerprint density at radius 1 is 0.531 bits per heavy atom. The predicted molar refractivity (Wildman–Crippen MR) is 248 cm³/mol. The van der Waals surface area contributed by atoms with E-state index in [9.17, 15) is 36.0 Å². The second-order valence-corrected chi connectivity index (χ2v) is 19.3. The zero-order valence-corrected chi connectivity index (χ0v) is 38.2. The number of benzene rings is 5. The third kappa shape index (κ3) is 8.11. The second kappa shape index (κ2) is 17.4. The van der Waals surface area contributed by atoms with Gasteiger partial charge in [0, 0.05) is 39.6 Å².